The van der Waals surface area contributed by atoms with Crippen LogP contribution in [0.25, 0.3) is 0 Å². The fourth-order valence-corrected chi connectivity index (χ4v) is 0.504. The van der Waals surface area contributed by atoms with E-state index in [0.717, 1.165) is 0 Å². The molecule has 62 valence electrons. The Balaban J connectivity index is 3.76. The molecule has 0 aliphatic rings. The van der Waals surface area contributed by atoms with E-state index in [0.29, 0.717) is 0 Å². The van der Waals surface area contributed by atoms with E-state index in [2.05, 4.69) is 0 Å². The molecule has 0 aromatic heterocycles. The van der Waals surface area contributed by atoms with Crippen LogP contribution in [0.3, 0.4) is 0 Å². The number of Topliss-reactive ketones (excluding diaryl/α,β-unsaturated/α-hetero) is 2. The maximum absolute atomic E-state index is 10.6. The number of carbonyl (C=O) groups excluding carboxylic acids is 2. The van der Waals surface area contributed by atoms with Gasteiger partial charge in [0, 0.05) is 6.42 Å². The number of nitrogens with two attached hydrogens (primary N) is 1. The van der Waals surface area contributed by atoms with Gasteiger partial charge in [-0.15, -0.1) is 0 Å². The molecule has 0 unspecified atom stereocenters. The molecule has 0 aromatic rings. The molecule has 0 saturated heterocycles. The first-order chi connectivity index (χ1) is 5.07. The van der Waals surface area contributed by atoms with Gasteiger partial charge >= 0.3 is 5.97 Å². The van der Waals surface area contributed by atoms with Gasteiger partial charge in [0.05, 0.1) is 6.42 Å². The third-order valence-electron chi connectivity index (χ3n) is 1.02. The summed E-state index contributed by atoms with van der Waals surface area (Å²) < 4.78 is 0. The topological polar surface area (TPSA) is 97.5 Å². The molecule has 0 aromatic carbocycles. The fraction of sp³-hybridized carbons (Fsp3) is 0.500. The quantitative estimate of drug-likeness (QED) is 0.394. The van der Waals surface area contributed by atoms with Crippen molar-refractivity contribution in [2.75, 3.05) is 6.54 Å². The van der Waals surface area contributed by atoms with Crippen molar-refractivity contribution in [1.82, 2.24) is 0 Å². The summed E-state index contributed by atoms with van der Waals surface area (Å²) in [7, 11) is 0. The number of hydrogen-bond donors (Lipinski definition) is 2. The number of carbonyl (C=O) groups is 3. The predicted molar refractivity (Wildman–Crippen MR) is 35.9 cm³/mol. The second kappa shape index (κ2) is 4.56. The summed E-state index contributed by atoms with van der Waals surface area (Å²) in [5.74, 6) is -3.08. The van der Waals surface area contributed by atoms with Crippen molar-refractivity contribution in [2.45, 2.75) is 12.8 Å². The van der Waals surface area contributed by atoms with Gasteiger partial charge in [0.15, 0.2) is 0 Å². The van der Waals surface area contributed by atoms with Crippen LogP contribution in [0.15, 0.2) is 0 Å². The Morgan fingerprint density at radius 3 is 2.18 bits per heavy atom. The Kier molecular flexibility index (Phi) is 4.05. The van der Waals surface area contributed by atoms with Crippen molar-refractivity contribution >= 4 is 17.5 Å². The van der Waals surface area contributed by atoms with Crippen molar-refractivity contribution in [3.63, 3.8) is 0 Å². The van der Waals surface area contributed by atoms with Crippen LogP contribution in [-0.4, -0.2) is 29.2 Å². The number of ketones is 2. The smallest absolute Gasteiger partial charge is 0.372 e. The van der Waals surface area contributed by atoms with Crippen LogP contribution < -0.4 is 5.73 Å². The average molecular weight is 159 g/mol. The van der Waals surface area contributed by atoms with Crippen molar-refractivity contribution in [3.05, 3.63) is 0 Å². The number of carboxylic acids is 1. The molecule has 3 N–H and O–H groups in total. The van der Waals surface area contributed by atoms with Crippen molar-refractivity contribution in [1.29, 1.82) is 0 Å². The third-order valence-corrected chi connectivity index (χ3v) is 1.02. The summed E-state index contributed by atoms with van der Waals surface area (Å²) in [5, 5.41) is 8.07. The molecular formula is C6H9NO4. The van der Waals surface area contributed by atoms with Gasteiger partial charge in [-0.3, -0.25) is 9.59 Å². The molecule has 5 heteroatoms. The van der Waals surface area contributed by atoms with Gasteiger partial charge in [-0.2, -0.15) is 0 Å². The van der Waals surface area contributed by atoms with Crippen LogP contribution in [0.2, 0.25) is 0 Å². The zero-order chi connectivity index (χ0) is 8.85. The zero-order valence-corrected chi connectivity index (χ0v) is 5.87. The van der Waals surface area contributed by atoms with Crippen LogP contribution >= 0.6 is 0 Å². The standard InChI is InChI=1S/C6H9NO4/c7-2-1-4(8)3-5(9)6(10)11/h1-3,7H2,(H,10,11). The fourth-order valence-electron chi connectivity index (χ4n) is 0.504. The van der Waals surface area contributed by atoms with Gasteiger partial charge in [-0.1, -0.05) is 0 Å². The molecule has 0 aliphatic carbocycles. The minimum atomic E-state index is -1.57. The van der Waals surface area contributed by atoms with Gasteiger partial charge in [0.1, 0.15) is 5.78 Å². The van der Waals surface area contributed by atoms with Crippen LogP contribution in [0, 0.1) is 0 Å². The lowest BCUT2D eigenvalue weighted by molar-refractivity contribution is -0.150. The van der Waals surface area contributed by atoms with Crippen LogP contribution in [-0.2, 0) is 14.4 Å². The van der Waals surface area contributed by atoms with Crippen LogP contribution in [0.4, 0.5) is 0 Å². The Bertz CT molecular complexity index is 187. The summed E-state index contributed by atoms with van der Waals surface area (Å²) in [6.07, 6.45) is -0.494. The minimum absolute atomic E-state index is 0.0546. The molecule has 0 spiro atoms. The maximum atomic E-state index is 10.6. The van der Waals surface area contributed by atoms with Gasteiger partial charge in [0.25, 0.3) is 0 Å². The van der Waals surface area contributed by atoms with E-state index < -0.39 is 24.0 Å². The first kappa shape index (κ1) is 9.77. The maximum Gasteiger partial charge on any atom is 0.372 e. The summed E-state index contributed by atoms with van der Waals surface area (Å²) in [4.78, 5) is 30.9. The van der Waals surface area contributed by atoms with E-state index in [1.807, 2.05) is 0 Å². The molecule has 0 fully saturated rings. The predicted octanol–water partition coefficient (Wildman–Crippen LogP) is -1.05. The summed E-state index contributed by atoms with van der Waals surface area (Å²) in [6, 6.07) is 0. The Labute approximate surface area is 63.2 Å². The Hall–Kier alpha value is -1.23. The highest BCUT2D eigenvalue weighted by Gasteiger charge is 2.15. The highest BCUT2D eigenvalue weighted by atomic mass is 16.4. The van der Waals surface area contributed by atoms with E-state index in [9.17, 15) is 14.4 Å². The lowest BCUT2D eigenvalue weighted by atomic mass is 10.1. The van der Waals surface area contributed by atoms with E-state index >= 15 is 0 Å². The second-order valence-electron chi connectivity index (χ2n) is 1.98. The van der Waals surface area contributed by atoms with Crippen molar-refractivity contribution in [3.8, 4) is 0 Å². The molecule has 0 bridgehead atoms. The zero-order valence-electron chi connectivity index (χ0n) is 5.87. The molecule has 0 aliphatic heterocycles. The Morgan fingerprint density at radius 2 is 1.82 bits per heavy atom. The van der Waals surface area contributed by atoms with E-state index in [4.69, 9.17) is 10.8 Å². The minimum Gasteiger partial charge on any atom is -0.475 e. The Morgan fingerprint density at radius 1 is 1.27 bits per heavy atom. The molecule has 11 heavy (non-hydrogen) atoms. The molecule has 0 atom stereocenters. The summed E-state index contributed by atoms with van der Waals surface area (Å²) in [6.45, 7) is 0.145. The number of aliphatic carboxylic acids is 1. The van der Waals surface area contributed by atoms with E-state index in [1.165, 1.54) is 0 Å². The highest BCUT2D eigenvalue weighted by Crippen LogP contribution is 1.89. The van der Waals surface area contributed by atoms with Gasteiger partial charge in [-0.05, 0) is 6.54 Å². The third kappa shape index (κ3) is 4.21. The number of rotatable bonds is 5. The average Bonchev–Trinajstić information content (AvgIpc) is 1.87. The molecular weight excluding hydrogens is 150 g/mol. The lowest BCUT2D eigenvalue weighted by Gasteiger charge is -1.93. The van der Waals surface area contributed by atoms with Gasteiger partial charge < -0.3 is 10.8 Å². The van der Waals surface area contributed by atoms with E-state index in [1.54, 1.807) is 0 Å². The van der Waals surface area contributed by atoms with Crippen LogP contribution in [0.5, 0.6) is 0 Å². The largest absolute Gasteiger partial charge is 0.475 e. The van der Waals surface area contributed by atoms with Gasteiger partial charge in [-0.25, -0.2) is 4.79 Å². The highest BCUT2D eigenvalue weighted by molar-refractivity contribution is 6.36. The van der Waals surface area contributed by atoms with Crippen molar-refractivity contribution < 1.29 is 19.5 Å². The number of carboxylic acid groups (broad SMARTS) is 1. The van der Waals surface area contributed by atoms with Crippen molar-refractivity contribution in [2.24, 2.45) is 5.73 Å². The van der Waals surface area contributed by atoms with E-state index in [-0.39, 0.29) is 13.0 Å². The van der Waals surface area contributed by atoms with Crippen LogP contribution in [0.1, 0.15) is 12.8 Å². The number of hydrogen-bond acceptors (Lipinski definition) is 4. The molecule has 0 heterocycles. The van der Waals surface area contributed by atoms with Gasteiger partial charge in [0.2, 0.25) is 5.78 Å². The first-order valence-corrected chi connectivity index (χ1v) is 3.05. The lowest BCUT2D eigenvalue weighted by Crippen LogP contribution is -2.18. The SMILES string of the molecule is NCCC(=O)CC(=O)C(=O)O. The second-order valence-corrected chi connectivity index (χ2v) is 1.98. The molecule has 0 amide bonds. The first-order valence-electron chi connectivity index (χ1n) is 3.05. The monoisotopic (exact) mass is 159 g/mol. The molecule has 5 nitrogen and oxygen atoms in total. The summed E-state index contributed by atoms with van der Waals surface area (Å²) in [5.41, 5.74) is 5.00. The molecule has 0 radical (unpaired) electrons. The summed E-state index contributed by atoms with van der Waals surface area (Å²) >= 11 is 0. The molecule has 0 saturated carbocycles. The normalized spacial score (nSPS) is 9.18. The molecule has 0 rings (SSSR count).